The van der Waals surface area contributed by atoms with E-state index in [1.54, 1.807) is 0 Å². The topological polar surface area (TPSA) is 59.0 Å². The van der Waals surface area contributed by atoms with Gasteiger partial charge < -0.3 is 19.5 Å². The van der Waals surface area contributed by atoms with Gasteiger partial charge in [0.25, 0.3) is 0 Å². The summed E-state index contributed by atoms with van der Waals surface area (Å²) in [5.41, 5.74) is 0. The van der Waals surface area contributed by atoms with E-state index in [2.05, 4.69) is 4.74 Å². The zero-order valence-corrected chi connectivity index (χ0v) is 7.02. The lowest BCUT2D eigenvalue weighted by Crippen LogP contribution is -2.46. The van der Waals surface area contributed by atoms with Crippen molar-refractivity contribution in [2.75, 3.05) is 33.4 Å². The fourth-order valence-corrected chi connectivity index (χ4v) is 1.12. The highest BCUT2D eigenvalue weighted by atomic mass is 16.5. The van der Waals surface area contributed by atoms with E-state index in [-0.39, 0.29) is 18.8 Å². The van der Waals surface area contributed by atoms with Crippen LogP contribution >= 0.6 is 0 Å². The van der Waals surface area contributed by atoms with Crippen LogP contribution in [0.4, 0.5) is 4.79 Å². The maximum atomic E-state index is 11.0. The lowest BCUT2D eigenvalue weighted by atomic mass is 10.3. The molecule has 1 aliphatic heterocycles. The summed E-state index contributed by atoms with van der Waals surface area (Å²) < 4.78 is 9.68. The second-order valence-electron chi connectivity index (χ2n) is 2.59. The Labute approximate surface area is 70.9 Å². The summed E-state index contributed by atoms with van der Waals surface area (Å²) in [5.74, 6) is 0. The van der Waals surface area contributed by atoms with E-state index in [1.165, 1.54) is 12.0 Å². The van der Waals surface area contributed by atoms with Gasteiger partial charge in [-0.3, -0.25) is 0 Å². The molecule has 1 aliphatic rings. The van der Waals surface area contributed by atoms with Crippen LogP contribution in [0.2, 0.25) is 0 Å². The molecule has 5 heteroatoms. The molecule has 1 rings (SSSR count). The van der Waals surface area contributed by atoms with Gasteiger partial charge >= 0.3 is 6.09 Å². The highest BCUT2D eigenvalue weighted by molar-refractivity contribution is 5.67. The molecule has 12 heavy (non-hydrogen) atoms. The summed E-state index contributed by atoms with van der Waals surface area (Å²) in [6.45, 7) is 1.33. The van der Waals surface area contributed by atoms with Crippen LogP contribution in [-0.2, 0) is 9.47 Å². The van der Waals surface area contributed by atoms with Crippen molar-refractivity contribution >= 4 is 6.09 Å². The largest absolute Gasteiger partial charge is 0.453 e. The first-order valence-corrected chi connectivity index (χ1v) is 3.83. The van der Waals surface area contributed by atoms with E-state index < -0.39 is 0 Å². The Bertz CT molecular complexity index is 161. The molecular formula is C7H13NO4. The Balaban J connectivity index is 2.40. The third kappa shape index (κ3) is 2.09. The number of amides is 1. The molecule has 5 nitrogen and oxygen atoms in total. The highest BCUT2D eigenvalue weighted by Gasteiger charge is 2.23. The van der Waals surface area contributed by atoms with Gasteiger partial charge in [-0.05, 0) is 0 Å². The number of aliphatic hydroxyl groups is 1. The van der Waals surface area contributed by atoms with Crippen molar-refractivity contribution in [1.29, 1.82) is 0 Å². The number of aliphatic hydroxyl groups excluding tert-OH is 1. The fourth-order valence-electron chi connectivity index (χ4n) is 1.12. The van der Waals surface area contributed by atoms with E-state index in [1.807, 2.05) is 0 Å². The average Bonchev–Trinajstić information content (AvgIpc) is 2.17. The average molecular weight is 175 g/mol. The van der Waals surface area contributed by atoms with Gasteiger partial charge in [0, 0.05) is 6.54 Å². The number of rotatable bonds is 1. The van der Waals surface area contributed by atoms with Crippen LogP contribution in [0.3, 0.4) is 0 Å². The van der Waals surface area contributed by atoms with Crippen LogP contribution in [0.15, 0.2) is 0 Å². The second-order valence-corrected chi connectivity index (χ2v) is 2.59. The maximum Gasteiger partial charge on any atom is 0.409 e. The first-order chi connectivity index (χ1) is 5.77. The van der Waals surface area contributed by atoms with Crippen molar-refractivity contribution in [2.24, 2.45) is 0 Å². The number of carbonyl (C=O) groups is 1. The monoisotopic (exact) mass is 175 g/mol. The Morgan fingerprint density at radius 3 is 3.17 bits per heavy atom. The van der Waals surface area contributed by atoms with E-state index in [4.69, 9.17) is 9.84 Å². The molecule has 0 unspecified atom stereocenters. The van der Waals surface area contributed by atoms with Crippen molar-refractivity contribution in [3.8, 4) is 0 Å². The van der Waals surface area contributed by atoms with Gasteiger partial charge in [-0.15, -0.1) is 0 Å². The third-order valence-electron chi connectivity index (χ3n) is 1.78. The first-order valence-electron chi connectivity index (χ1n) is 3.83. The standard InChI is InChI=1S/C7H13NO4/c1-11-7(10)8-2-3-12-6(4-8)5-9/h6,9H,2-5H2,1H3/t6-/m1/s1. The van der Waals surface area contributed by atoms with Gasteiger partial charge in [-0.1, -0.05) is 0 Å². The zero-order chi connectivity index (χ0) is 8.97. The minimum Gasteiger partial charge on any atom is -0.453 e. The van der Waals surface area contributed by atoms with Crippen LogP contribution in [0.5, 0.6) is 0 Å². The number of methoxy groups -OCH3 is 1. The Kier molecular flexibility index (Phi) is 3.31. The Morgan fingerprint density at radius 2 is 2.58 bits per heavy atom. The lowest BCUT2D eigenvalue weighted by molar-refractivity contribution is -0.0477. The van der Waals surface area contributed by atoms with E-state index >= 15 is 0 Å². The summed E-state index contributed by atoms with van der Waals surface area (Å²) in [6, 6.07) is 0. The number of hydrogen-bond donors (Lipinski definition) is 1. The van der Waals surface area contributed by atoms with Gasteiger partial charge in [0.05, 0.1) is 33.0 Å². The Hall–Kier alpha value is -0.810. The van der Waals surface area contributed by atoms with Crippen LogP contribution in [0, 0.1) is 0 Å². The number of hydrogen-bond acceptors (Lipinski definition) is 4. The van der Waals surface area contributed by atoms with Crippen molar-refractivity contribution in [1.82, 2.24) is 4.90 Å². The predicted molar refractivity (Wildman–Crippen MR) is 40.8 cm³/mol. The summed E-state index contributed by atoms with van der Waals surface area (Å²) in [5, 5.41) is 8.76. The molecule has 0 spiro atoms. The number of carbonyl (C=O) groups excluding carboxylic acids is 1. The molecule has 0 bridgehead atoms. The number of ether oxygens (including phenoxy) is 2. The van der Waals surface area contributed by atoms with Gasteiger partial charge in [-0.2, -0.15) is 0 Å². The zero-order valence-electron chi connectivity index (χ0n) is 7.02. The molecule has 0 aromatic heterocycles. The highest BCUT2D eigenvalue weighted by Crippen LogP contribution is 2.05. The quantitative estimate of drug-likeness (QED) is 0.580. The molecular weight excluding hydrogens is 162 g/mol. The second kappa shape index (κ2) is 4.27. The lowest BCUT2D eigenvalue weighted by Gasteiger charge is -2.30. The predicted octanol–water partition coefficient (Wildman–Crippen LogP) is -0.554. The molecule has 0 aromatic rings. The fraction of sp³-hybridized carbons (Fsp3) is 0.857. The summed E-state index contributed by atoms with van der Waals surface area (Å²) in [4.78, 5) is 12.5. The number of nitrogens with zero attached hydrogens (tertiary/aromatic N) is 1. The molecule has 1 heterocycles. The van der Waals surface area contributed by atoms with Gasteiger partial charge in [0.1, 0.15) is 0 Å². The summed E-state index contributed by atoms with van der Waals surface area (Å²) in [7, 11) is 1.34. The molecule has 1 atom stereocenters. The molecule has 1 N–H and O–H groups in total. The third-order valence-corrected chi connectivity index (χ3v) is 1.78. The molecule has 0 radical (unpaired) electrons. The molecule has 0 aromatic carbocycles. The number of morpholine rings is 1. The summed E-state index contributed by atoms with van der Waals surface area (Å²) >= 11 is 0. The molecule has 1 fully saturated rings. The molecule has 1 saturated heterocycles. The summed E-state index contributed by atoms with van der Waals surface area (Å²) in [6.07, 6.45) is -0.630. The van der Waals surface area contributed by atoms with Crippen LogP contribution in [0.1, 0.15) is 0 Å². The SMILES string of the molecule is COC(=O)N1CCO[C@@H](CO)C1. The van der Waals surface area contributed by atoms with Crippen molar-refractivity contribution in [2.45, 2.75) is 6.10 Å². The van der Waals surface area contributed by atoms with Crippen LogP contribution < -0.4 is 0 Å². The smallest absolute Gasteiger partial charge is 0.409 e. The maximum absolute atomic E-state index is 11.0. The minimum absolute atomic E-state index is 0.0620. The van der Waals surface area contributed by atoms with Gasteiger partial charge in [0.15, 0.2) is 0 Å². The van der Waals surface area contributed by atoms with Crippen molar-refractivity contribution < 1.29 is 19.4 Å². The van der Waals surface area contributed by atoms with Crippen molar-refractivity contribution in [3.63, 3.8) is 0 Å². The van der Waals surface area contributed by atoms with E-state index in [9.17, 15) is 4.79 Å². The van der Waals surface area contributed by atoms with E-state index in [0.717, 1.165) is 0 Å². The minimum atomic E-state index is -0.364. The Morgan fingerprint density at radius 1 is 1.83 bits per heavy atom. The van der Waals surface area contributed by atoms with Crippen molar-refractivity contribution in [3.05, 3.63) is 0 Å². The molecule has 70 valence electrons. The van der Waals surface area contributed by atoms with Crippen LogP contribution in [0.25, 0.3) is 0 Å². The molecule has 0 aliphatic carbocycles. The van der Waals surface area contributed by atoms with Gasteiger partial charge in [0.2, 0.25) is 0 Å². The van der Waals surface area contributed by atoms with E-state index in [0.29, 0.717) is 19.7 Å². The normalized spacial score (nSPS) is 23.8. The molecule has 0 saturated carbocycles. The van der Waals surface area contributed by atoms with Crippen LogP contribution in [-0.4, -0.2) is 55.6 Å². The molecule has 1 amide bonds. The first kappa shape index (κ1) is 9.28. The van der Waals surface area contributed by atoms with Gasteiger partial charge in [-0.25, -0.2) is 4.79 Å².